The van der Waals surface area contributed by atoms with Crippen LogP contribution in [0.2, 0.25) is 0 Å². The minimum absolute atomic E-state index is 0.0337. The van der Waals surface area contributed by atoms with Crippen LogP contribution in [0.4, 0.5) is 0 Å². The number of carbonyl (C=O) groups is 2. The minimum Gasteiger partial charge on any atom is -0.465 e. The Bertz CT molecular complexity index is 483. The predicted molar refractivity (Wildman–Crippen MR) is 63.9 cm³/mol. The molecule has 0 fully saturated rings. The van der Waals surface area contributed by atoms with Crippen LogP contribution in [0.3, 0.4) is 0 Å². The Hall–Kier alpha value is -2.16. The molecule has 1 aromatic carbocycles. The van der Waals surface area contributed by atoms with E-state index in [1.54, 1.807) is 24.3 Å². The van der Waals surface area contributed by atoms with Crippen molar-refractivity contribution in [2.45, 2.75) is 0 Å². The number of ketones is 1. The van der Waals surface area contributed by atoms with Crippen molar-refractivity contribution in [3.8, 4) is 0 Å². The zero-order valence-electron chi connectivity index (χ0n) is 9.42. The maximum Gasteiger partial charge on any atom is 0.337 e. The van der Waals surface area contributed by atoms with Crippen LogP contribution in [0.25, 0.3) is 0 Å². The second-order valence-corrected chi connectivity index (χ2v) is 3.73. The monoisotopic (exact) mass is 228 g/mol. The molecular weight excluding hydrogens is 216 g/mol. The molecule has 2 rings (SSSR count). The summed E-state index contributed by atoms with van der Waals surface area (Å²) < 4.78 is 4.59. The zero-order chi connectivity index (χ0) is 12.3. The van der Waals surface area contributed by atoms with E-state index in [2.05, 4.69) is 4.74 Å². The lowest BCUT2D eigenvalue weighted by atomic mass is 9.98. The van der Waals surface area contributed by atoms with Gasteiger partial charge >= 0.3 is 5.97 Å². The first-order valence-corrected chi connectivity index (χ1v) is 5.30. The van der Waals surface area contributed by atoms with Crippen molar-refractivity contribution in [3.63, 3.8) is 0 Å². The fraction of sp³-hybridized carbons (Fsp3) is 0.143. The highest BCUT2D eigenvalue weighted by molar-refractivity contribution is 6.01. The van der Waals surface area contributed by atoms with Crippen LogP contribution >= 0.6 is 0 Å². The summed E-state index contributed by atoms with van der Waals surface area (Å²) in [4.78, 5) is 23.2. The van der Waals surface area contributed by atoms with Gasteiger partial charge in [-0.25, -0.2) is 4.79 Å². The topological polar surface area (TPSA) is 43.4 Å². The van der Waals surface area contributed by atoms with Crippen LogP contribution in [0.1, 0.15) is 20.7 Å². The lowest BCUT2D eigenvalue weighted by Gasteiger charge is -2.05. The van der Waals surface area contributed by atoms with Gasteiger partial charge in [0.25, 0.3) is 0 Å². The first-order valence-electron chi connectivity index (χ1n) is 5.30. The Balaban J connectivity index is 2.18. The molecule has 17 heavy (non-hydrogen) atoms. The smallest absolute Gasteiger partial charge is 0.337 e. The molecule has 1 aliphatic rings. The lowest BCUT2D eigenvalue weighted by molar-refractivity contribution is 0.0600. The molecule has 0 atom stereocenters. The summed E-state index contributed by atoms with van der Waals surface area (Å²) in [6, 6.07) is 6.49. The molecular formula is C14H12O3. The second-order valence-electron chi connectivity index (χ2n) is 3.73. The number of allylic oxidation sites excluding steroid dienone is 4. The zero-order valence-corrected chi connectivity index (χ0v) is 9.42. The van der Waals surface area contributed by atoms with Crippen molar-refractivity contribution in [1.29, 1.82) is 0 Å². The van der Waals surface area contributed by atoms with Gasteiger partial charge in [-0.2, -0.15) is 0 Å². The van der Waals surface area contributed by atoms with Crippen molar-refractivity contribution < 1.29 is 14.3 Å². The van der Waals surface area contributed by atoms with Crippen molar-refractivity contribution in [2.75, 3.05) is 7.11 Å². The highest BCUT2D eigenvalue weighted by Crippen LogP contribution is 2.16. The Kier molecular flexibility index (Phi) is 3.19. The molecule has 0 radical (unpaired) electrons. The van der Waals surface area contributed by atoms with Crippen molar-refractivity contribution >= 4 is 11.8 Å². The molecule has 86 valence electrons. The Morgan fingerprint density at radius 3 is 2.06 bits per heavy atom. The molecule has 3 heteroatoms. The predicted octanol–water partition coefficient (Wildman–Crippen LogP) is 2.40. The quantitative estimate of drug-likeness (QED) is 0.589. The highest BCUT2D eigenvalue weighted by atomic mass is 16.5. The number of benzene rings is 1. The van der Waals surface area contributed by atoms with E-state index in [9.17, 15) is 9.59 Å². The van der Waals surface area contributed by atoms with Crippen LogP contribution in [0.5, 0.6) is 0 Å². The molecule has 0 amide bonds. The van der Waals surface area contributed by atoms with Gasteiger partial charge in [0.15, 0.2) is 5.78 Å². The molecule has 0 spiro atoms. The molecule has 0 saturated carbocycles. The van der Waals surface area contributed by atoms with Gasteiger partial charge in [-0.15, -0.1) is 0 Å². The van der Waals surface area contributed by atoms with Crippen molar-refractivity contribution in [1.82, 2.24) is 0 Å². The van der Waals surface area contributed by atoms with Gasteiger partial charge in [0.2, 0.25) is 0 Å². The molecule has 1 aliphatic carbocycles. The summed E-state index contributed by atoms with van der Waals surface area (Å²) in [5.74, 6) is -0.546. The van der Waals surface area contributed by atoms with Gasteiger partial charge in [-0.3, -0.25) is 4.79 Å². The number of hydrogen-bond donors (Lipinski definition) is 0. The molecule has 0 N–H and O–H groups in total. The molecule has 0 saturated heterocycles. The molecule has 0 unspecified atom stereocenters. The maximum absolute atomic E-state index is 12.0. The molecule has 1 aromatic rings. The first kappa shape index (κ1) is 11.3. The average Bonchev–Trinajstić information content (AvgIpc) is 2.91. The van der Waals surface area contributed by atoms with Gasteiger partial charge in [0.1, 0.15) is 0 Å². The number of carbonyl (C=O) groups excluding carboxylic acids is 2. The van der Waals surface area contributed by atoms with Gasteiger partial charge in [-0.05, 0) is 12.1 Å². The molecule has 0 bridgehead atoms. The van der Waals surface area contributed by atoms with Crippen LogP contribution in [-0.4, -0.2) is 18.9 Å². The van der Waals surface area contributed by atoms with Gasteiger partial charge in [-0.1, -0.05) is 36.4 Å². The normalized spacial score (nSPS) is 13.9. The largest absolute Gasteiger partial charge is 0.465 e. The third-order valence-corrected chi connectivity index (χ3v) is 2.64. The maximum atomic E-state index is 12.0. The minimum atomic E-state index is -0.398. The number of ether oxygens (including phenoxy) is 1. The van der Waals surface area contributed by atoms with E-state index in [1.807, 2.05) is 24.3 Å². The van der Waals surface area contributed by atoms with Gasteiger partial charge < -0.3 is 4.74 Å². The van der Waals surface area contributed by atoms with Crippen LogP contribution in [-0.2, 0) is 4.74 Å². The van der Waals surface area contributed by atoms with Crippen molar-refractivity contribution in [3.05, 3.63) is 59.7 Å². The second kappa shape index (κ2) is 4.78. The molecule has 0 aromatic heterocycles. The Morgan fingerprint density at radius 2 is 1.53 bits per heavy atom. The molecule has 0 aliphatic heterocycles. The lowest BCUT2D eigenvalue weighted by Crippen LogP contribution is -2.09. The average molecular weight is 228 g/mol. The van der Waals surface area contributed by atoms with E-state index in [0.717, 1.165) is 0 Å². The van der Waals surface area contributed by atoms with E-state index >= 15 is 0 Å². The fourth-order valence-corrected chi connectivity index (χ4v) is 1.69. The van der Waals surface area contributed by atoms with E-state index in [4.69, 9.17) is 0 Å². The summed E-state index contributed by atoms with van der Waals surface area (Å²) in [5, 5.41) is 0. The van der Waals surface area contributed by atoms with Crippen LogP contribution < -0.4 is 0 Å². The van der Waals surface area contributed by atoms with Crippen LogP contribution in [0.15, 0.2) is 48.6 Å². The number of Topliss-reactive ketones (excluding diaryl/α,β-unsaturated/α-hetero) is 1. The SMILES string of the molecule is COC(=O)c1ccc(C(=O)C2C=CC=C2)cc1. The van der Waals surface area contributed by atoms with Gasteiger partial charge in [0.05, 0.1) is 18.6 Å². The third-order valence-electron chi connectivity index (χ3n) is 2.64. The summed E-state index contributed by atoms with van der Waals surface area (Å²) >= 11 is 0. The number of esters is 1. The standard InChI is InChI=1S/C14H12O3/c1-17-14(16)12-8-6-11(7-9-12)13(15)10-4-2-3-5-10/h2-10H,1H3. The third kappa shape index (κ3) is 2.33. The van der Waals surface area contributed by atoms with E-state index < -0.39 is 5.97 Å². The fourth-order valence-electron chi connectivity index (χ4n) is 1.69. The first-order chi connectivity index (χ1) is 8.22. The Morgan fingerprint density at radius 1 is 1.00 bits per heavy atom. The van der Waals surface area contributed by atoms with Gasteiger partial charge in [0, 0.05) is 5.56 Å². The summed E-state index contributed by atoms with van der Waals surface area (Å²) in [6.45, 7) is 0. The Labute approximate surface area is 99.4 Å². The summed E-state index contributed by atoms with van der Waals surface area (Å²) in [6.07, 6.45) is 7.39. The number of methoxy groups -OCH3 is 1. The highest BCUT2D eigenvalue weighted by Gasteiger charge is 2.16. The number of hydrogen-bond acceptors (Lipinski definition) is 3. The van der Waals surface area contributed by atoms with Crippen molar-refractivity contribution in [2.24, 2.45) is 5.92 Å². The van der Waals surface area contributed by atoms with E-state index in [1.165, 1.54) is 7.11 Å². The van der Waals surface area contributed by atoms with E-state index in [0.29, 0.717) is 11.1 Å². The van der Waals surface area contributed by atoms with E-state index in [-0.39, 0.29) is 11.7 Å². The summed E-state index contributed by atoms with van der Waals surface area (Å²) in [7, 11) is 1.33. The van der Waals surface area contributed by atoms with Crippen LogP contribution in [0, 0.1) is 5.92 Å². The molecule has 3 nitrogen and oxygen atoms in total. The number of rotatable bonds is 3. The molecule has 0 heterocycles. The summed E-state index contributed by atoms with van der Waals surface area (Å²) in [5.41, 5.74) is 1.04.